The molecule has 3 nitrogen and oxygen atoms in total. The Balaban J connectivity index is 2.08. The van der Waals surface area contributed by atoms with Crippen LogP contribution in [0.2, 0.25) is 0 Å². The van der Waals surface area contributed by atoms with Crippen LogP contribution in [0.5, 0.6) is 0 Å². The Morgan fingerprint density at radius 3 is 2.67 bits per heavy atom. The topological polar surface area (TPSA) is 38.0 Å². The molecule has 0 fully saturated rings. The molecule has 0 saturated carbocycles. The monoisotopic (exact) mass is 266 g/mol. The van der Waals surface area contributed by atoms with E-state index >= 15 is 0 Å². The van der Waals surface area contributed by atoms with Crippen molar-refractivity contribution in [2.45, 2.75) is 12.6 Å². The Bertz CT molecular complexity index is 411. The van der Waals surface area contributed by atoms with Gasteiger partial charge >= 0.3 is 0 Å². The zero-order valence-electron chi connectivity index (χ0n) is 8.05. The van der Waals surface area contributed by atoms with Crippen molar-refractivity contribution in [1.82, 2.24) is 9.78 Å². The lowest BCUT2D eigenvalue weighted by Crippen LogP contribution is -2.08. The van der Waals surface area contributed by atoms with Gasteiger partial charge in [-0.15, -0.1) is 0 Å². The van der Waals surface area contributed by atoms with Crippen LogP contribution < -0.4 is 0 Å². The maximum absolute atomic E-state index is 9.91. The molecule has 0 radical (unpaired) electrons. The number of aliphatic hydroxyl groups excluding tert-OH is 1. The van der Waals surface area contributed by atoms with Crippen molar-refractivity contribution in [3.05, 3.63) is 52.8 Å². The first-order valence-electron chi connectivity index (χ1n) is 4.66. The standard InChI is InChI=1S/C11H11BrN2O/c12-10-4-2-9(3-5-10)11(15)8-14-7-1-6-13-14/h1-7,11,15H,8H2/t11-/m1/s1. The number of rotatable bonds is 3. The van der Waals surface area contributed by atoms with E-state index in [2.05, 4.69) is 21.0 Å². The van der Waals surface area contributed by atoms with Gasteiger partial charge in [-0.1, -0.05) is 28.1 Å². The summed E-state index contributed by atoms with van der Waals surface area (Å²) in [6, 6.07) is 9.48. The first-order chi connectivity index (χ1) is 7.25. The molecule has 1 heterocycles. The van der Waals surface area contributed by atoms with Crippen LogP contribution in [0.15, 0.2) is 47.2 Å². The molecule has 0 saturated heterocycles. The van der Waals surface area contributed by atoms with Crippen LogP contribution in [0.1, 0.15) is 11.7 Å². The van der Waals surface area contributed by atoms with Crippen LogP contribution in [-0.2, 0) is 6.54 Å². The lowest BCUT2D eigenvalue weighted by atomic mass is 10.1. The highest BCUT2D eigenvalue weighted by atomic mass is 79.9. The summed E-state index contributed by atoms with van der Waals surface area (Å²) in [5, 5.41) is 14.0. The van der Waals surface area contributed by atoms with Crippen LogP contribution in [0.25, 0.3) is 0 Å². The quantitative estimate of drug-likeness (QED) is 0.927. The molecule has 1 atom stereocenters. The van der Waals surface area contributed by atoms with Gasteiger partial charge in [0.2, 0.25) is 0 Å². The summed E-state index contributed by atoms with van der Waals surface area (Å²) >= 11 is 3.36. The van der Waals surface area contributed by atoms with Gasteiger partial charge in [-0.2, -0.15) is 5.10 Å². The fraction of sp³-hybridized carbons (Fsp3) is 0.182. The second-order valence-corrected chi connectivity index (χ2v) is 4.21. The van der Waals surface area contributed by atoms with E-state index in [9.17, 15) is 5.11 Å². The third-order valence-electron chi connectivity index (χ3n) is 2.17. The summed E-state index contributed by atoms with van der Waals surface area (Å²) < 4.78 is 2.73. The zero-order chi connectivity index (χ0) is 10.7. The highest BCUT2D eigenvalue weighted by Crippen LogP contribution is 2.17. The summed E-state index contributed by atoms with van der Waals surface area (Å²) in [6.45, 7) is 0.481. The molecule has 4 heteroatoms. The largest absolute Gasteiger partial charge is 0.386 e. The minimum atomic E-state index is -0.516. The molecule has 0 amide bonds. The van der Waals surface area contributed by atoms with Crippen molar-refractivity contribution in [2.75, 3.05) is 0 Å². The van der Waals surface area contributed by atoms with Gasteiger partial charge in [0.25, 0.3) is 0 Å². The fourth-order valence-corrected chi connectivity index (χ4v) is 1.64. The molecule has 0 bridgehead atoms. The lowest BCUT2D eigenvalue weighted by molar-refractivity contribution is 0.151. The average molecular weight is 267 g/mol. The van der Waals surface area contributed by atoms with Crippen molar-refractivity contribution < 1.29 is 5.11 Å². The van der Waals surface area contributed by atoms with Crippen LogP contribution in [0, 0.1) is 0 Å². The predicted octanol–water partition coefficient (Wildman–Crippen LogP) is 2.38. The molecule has 1 N–H and O–H groups in total. The molecule has 1 aromatic carbocycles. The molecular weight excluding hydrogens is 256 g/mol. The second-order valence-electron chi connectivity index (χ2n) is 3.30. The Morgan fingerprint density at radius 1 is 1.33 bits per heavy atom. The van der Waals surface area contributed by atoms with Gasteiger partial charge in [0.05, 0.1) is 12.6 Å². The average Bonchev–Trinajstić information content (AvgIpc) is 2.71. The Morgan fingerprint density at radius 2 is 2.07 bits per heavy atom. The van der Waals surface area contributed by atoms with Crippen molar-refractivity contribution in [2.24, 2.45) is 0 Å². The Labute approximate surface area is 96.5 Å². The molecule has 0 spiro atoms. The van der Waals surface area contributed by atoms with E-state index in [4.69, 9.17) is 0 Å². The normalized spacial score (nSPS) is 12.7. The molecule has 78 valence electrons. The van der Waals surface area contributed by atoms with Crippen LogP contribution in [0.3, 0.4) is 0 Å². The van der Waals surface area contributed by atoms with Gasteiger partial charge < -0.3 is 5.11 Å². The van der Waals surface area contributed by atoms with E-state index in [1.165, 1.54) is 0 Å². The summed E-state index contributed by atoms with van der Waals surface area (Å²) in [4.78, 5) is 0. The minimum Gasteiger partial charge on any atom is -0.386 e. The third-order valence-corrected chi connectivity index (χ3v) is 2.70. The first kappa shape index (κ1) is 10.4. The van der Waals surface area contributed by atoms with E-state index in [1.807, 2.05) is 36.5 Å². The van der Waals surface area contributed by atoms with Crippen molar-refractivity contribution in [3.63, 3.8) is 0 Å². The highest BCUT2D eigenvalue weighted by Gasteiger charge is 2.07. The Kier molecular flexibility index (Phi) is 3.18. The zero-order valence-corrected chi connectivity index (χ0v) is 9.63. The molecule has 2 rings (SSSR count). The molecule has 1 aromatic heterocycles. The van der Waals surface area contributed by atoms with Crippen molar-refractivity contribution in [1.29, 1.82) is 0 Å². The van der Waals surface area contributed by atoms with Gasteiger partial charge in [-0.05, 0) is 23.8 Å². The van der Waals surface area contributed by atoms with Gasteiger partial charge in [-0.25, -0.2) is 0 Å². The molecule has 0 aliphatic heterocycles. The van der Waals surface area contributed by atoms with Gasteiger partial charge in [-0.3, -0.25) is 4.68 Å². The molecule has 15 heavy (non-hydrogen) atoms. The number of aromatic nitrogens is 2. The minimum absolute atomic E-state index is 0.481. The highest BCUT2D eigenvalue weighted by molar-refractivity contribution is 9.10. The van der Waals surface area contributed by atoms with E-state index < -0.39 is 6.10 Å². The van der Waals surface area contributed by atoms with Gasteiger partial charge in [0.1, 0.15) is 0 Å². The molecule has 0 unspecified atom stereocenters. The molecule has 0 aliphatic rings. The maximum atomic E-state index is 9.91. The second kappa shape index (κ2) is 4.59. The van der Waals surface area contributed by atoms with Crippen LogP contribution in [-0.4, -0.2) is 14.9 Å². The van der Waals surface area contributed by atoms with Crippen LogP contribution >= 0.6 is 15.9 Å². The maximum Gasteiger partial charge on any atom is 0.0985 e. The first-order valence-corrected chi connectivity index (χ1v) is 5.46. The number of benzene rings is 1. The number of aliphatic hydroxyl groups is 1. The van der Waals surface area contributed by atoms with Crippen LogP contribution in [0.4, 0.5) is 0 Å². The SMILES string of the molecule is O[C@H](Cn1cccn1)c1ccc(Br)cc1. The molecule has 0 aliphatic carbocycles. The van der Waals surface area contributed by atoms with E-state index in [0.29, 0.717) is 6.54 Å². The number of nitrogens with zero attached hydrogens (tertiary/aromatic N) is 2. The third kappa shape index (κ3) is 2.67. The van der Waals surface area contributed by atoms with E-state index in [0.717, 1.165) is 10.0 Å². The summed E-state index contributed by atoms with van der Waals surface area (Å²) in [5.74, 6) is 0. The summed E-state index contributed by atoms with van der Waals surface area (Å²) in [7, 11) is 0. The molecule has 2 aromatic rings. The van der Waals surface area contributed by atoms with E-state index in [-0.39, 0.29) is 0 Å². The lowest BCUT2D eigenvalue weighted by Gasteiger charge is -2.10. The summed E-state index contributed by atoms with van der Waals surface area (Å²) in [5.41, 5.74) is 0.897. The molecular formula is C11H11BrN2O. The predicted molar refractivity (Wildman–Crippen MR) is 61.3 cm³/mol. The number of hydrogen-bond donors (Lipinski definition) is 1. The van der Waals surface area contributed by atoms with Crippen molar-refractivity contribution in [3.8, 4) is 0 Å². The Hall–Kier alpha value is -1.13. The fourth-order valence-electron chi connectivity index (χ4n) is 1.38. The van der Waals surface area contributed by atoms with Crippen molar-refractivity contribution >= 4 is 15.9 Å². The van der Waals surface area contributed by atoms with E-state index in [1.54, 1.807) is 10.9 Å². The van der Waals surface area contributed by atoms with Gasteiger partial charge in [0.15, 0.2) is 0 Å². The summed E-state index contributed by atoms with van der Waals surface area (Å²) in [6.07, 6.45) is 3.02. The number of halogens is 1. The smallest absolute Gasteiger partial charge is 0.0985 e. The number of hydrogen-bond acceptors (Lipinski definition) is 2. The van der Waals surface area contributed by atoms with Gasteiger partial charge in [0, 0.05) is 16.9 Å².